The molecule has 3 nitrogen and oxygen atoms in total. The van der Waals surface area contributed by atoms with E-state index in [1.54, 1.807) is 0 Å². The predicted octanol–water partition coefficient (Wildman–Crippen LogP) is 0.890. The second-order valence-corrected chi connectivity index (χ2v) is 3.68. The number of nitrogens with two attached hydrogens (primary N) is 1. The van der Waals surface area contributed by atoms with E-state index in [0.29, 0.717) is 0 Å². The number of hydrazine groups is 1. The smallest absolute Gasteiger partial charge is 0.0610 e. The first-order chi connectivity index (χ1) is 6.72. The molecule has 0 aliphatic carbocycles. The van der Waals surface area contributed by atoms with Gasteiger partial charge < -0.3 is 0 Å². The van der Waals surface area contributed by atoms with Crippen LogP contribution >= 0.6 is 0 Å². The van der Waals surface area contributed by atoms with Crippen LogP contribution in [0.4, 0.5) is 0 Å². The minimum absolute atomic E-state index is 0.728. The monoisotopic (exact) mass is 193 g/mol. The van der Waals surface area contributed by atoms with Crippen LogP contribution in [-0.4, -0.2) is 25.2 Å². The minimum atomic E-state index is 0.728. The molecule has 0 aromatic heterocycles. The van der Waals surface area contributed by atoms with E-state index >= 15 is 0 Å². The van der Waals surface area contributed by atoms with Gasteiger partial charge in [0.1, 0.15) is 0 Å². The standard InChI is InChI=1S/C11H19N3/c1-10-4-3-5-11(8-10)6-7-14(2)9-13-12/h3-5,8,13H,6-7,9,12H2,1-2H3. The zero-order valence-electron chi connectivity index (χ0n) is 8.96. The highest BCUT2D eigenvalue weighted by atomic mass is 15.3. The van der Waals surface area contributed by atoms with Crippen molar-refractivity contribution in [3.8, 4) is 0 Å². The van der Waals surface area contributed by atoms with Gasteiger partial charge in [0.15, 0.2) is 0 Å². The van der Waals surface area contributed by atoms with Gasteiger partial charge in [0.2, 0.25) is 0 Å². The van der Waals surface area contributed by atoms with Crippen molar-refractivity contribution in [3.63, 3.8) is 0 Å². The van der Waals surface area contributed by atoms with Crippen LogP contribution in [-0.2, 0) is 6.42 Å². The number of likely N-dealkylation sites (N-methyl/N-ethyl adjacent to an activating group) is 1. The van der Waals surface area contributed by atoms with Crippen molar-refractivity contribution in [2.45, 2.75) is 13.3 Å². The summed E-state index contributed by atoms with van der Waals surface area (Å²) in [5.74, 6) is 5.23. The lowest BCUT2D eigenvalue weighted by atomic mass is 10.1. The lowest BCUT2D eigenvalue weighted by molar-refractivity contribution is 0.313. The van der Waals surface area contributed by atoms with Crippen LogP contribution in [0.5, 0.6) is 0 Å². The molecule has 1 aromatic rings. The third-order valence-corrected chi connectivity index (χ3v) is 2.23. The third-order valence-electron chi connectivity index (χ3n) is 2.23. The molecule has 1 rings (SSSR count). The molecule has 3 N–H and O–H groups in total. The van der Waals surface area contributed by atoms with Crippen molar-refractivity contribution in [3.05, 3.63) is 35.4 Å². The van der Waals surface area contributed by atoms with Crippen molar-refractivity contribution in [2.24, 2.45) is 5.84 Å². The largest absolute Gasteiger partial charge is 0.292 e. The number of hydrogen-bond donors (Lipinski definition) is 2. The first-order valence-electron chi connectivity index (χ1n) is 4.90. The zero-order chi connectivity index (χ0) is 10.4. The Morgan fingerprint density at radius 1 is 1.43 bits per heavy atom. The van der Waals surface area contributed by atoms with Gasteiger partial charge in [0.25, 0.3) is 0 Å². The van der Waals surface area contributed by atoms with E-state index in [0.717, 1.165) is 19.6 Å². The summed E-state index contributed by atoms with van der Waals surface area (Å²) in [5.41, 5.74) is 5.35. The Morgan fingerprint density at radius 2 is 2.21 bits per heavy atom. The molecule has 0 bridgehead atoms. The second-order valence-electron chi connectivity index (χ2n) is 3.68. The van der Waals surface area contributed by atoms with Gasteiger partial charge in [-0.3, -0.25) is 10.7 Å². The molecule has 0 atom stereocenters. The SMILES string of the molecule is Cc1cccc(CCN(C)CNN)c1. The number of nitrogens with zero attached hydrogens (tertiary/aromatic N) is 1. The molecule has 1 aromatic carbocycles. The molecule has 0 spiro atoms. The average Bonchev–Trinajstić information content (AvgIpc) is 2.15. The Hall–Kier alpha value is -0.900. The fourth-order valence-electron chi connectivity index (χ4n) is 1.42. The maximum atomic E-state index is 5.23. The Morgan fingerprint density at radius 3 is 2.86 bits per heavy atom. The summed E-state index contributed by atoms with van der Waals surface area (Å²) in [7, 11) is 2.05. The lowest BCUT2D eigenvalue weighted by Gasteiger charge is -2.15. The number of aryl methyl sites for hydroxylation is 1. The van der Waals surface area contributed by atoms with Gasteiger partial charge in [0.05, 0.1) is 6.67 Å². The molecule has 14 heavy (non-hydrogen) atoms. The van der Waals surface area contributed by atoms with Gasteiger partial charge in [-0.2, -0.15) is 0 Å². The van der Waals surface area contributed by atoms with Crippen LogP contribution in [0.15, 0.2) is 24.3 Å². The van der Waals surface area contributed by atoms with Crippen molar-refractivity contribution in [1.29, 1.82) is 0 Å². The van der Waals surface area contributed by atoms with E-state index in [4.69, 9.17) is 5.84 Å². The van der Waals surface area contributed by atoms with Gasteiger partial charge in [-0.05, 0) is 26.0 Å². The van der Waals surface area contributed by atoms with E-state index in [9.17, 15) is 0 Å². The van der Waals surface area contributed by atoms with Gasteiger partial charge in [0, 0.05) is 6.54 Å². The number of nitrogens with one attached hydrogen (secondary N) is 1. The molecule has 0 amide bonds. The van der Waals surface area contributed by atoms with Crippen LogP contribution in [0.25, 0.3) is 0 Å². The fourth-order valence-corrected chi connectivity index (χ4v) is 1.42. The van der Waals surface area contributed by atoms with Crippen LogP contribution in [0.1, 0.15) is 11.1 Å². The van der Waals surface area contributed by atoms with Crippen LogP contribution in [0.3, 0.4) is 0 Å². The molecule has 0 fully saturated rings. The molecular weight excluding hydrogens is 174 g/mol. The zero-order valence-corrected chi connectivity index (χ0v) is 8.96. The second kappa shape index (κ2) is 5.75. The quantitative estimate of drug-likeness (QED) is 0.414. The minimum Gasteiger partial charge on any atom is -0.292 e. The number of hydrogen-bond acceptors (Lipinski definition) is 3. The Bertz CT molecular complexity index is 273. The van der Waals surface area contributed by atoms with Crippen molar-refractivity contribution < 1.29 is 0 Å². The molecular formula is C11H19N3. The van der Waals surface area contributed by atoms with Crippen molar-refractivity contribution >= 4 is 0 Å². The first kappa shape index (κ1) is 11.2. The Labute approximate surface area is 85.9 Å². The molecule has 0 radical (unpaired) electrons. The Kier molecular flexibility index (Phi) is 4.59. The topological polar surface area (TPSA) is 41.3 Å². The third kappa shape index (κ3) is 3.87. The van der Waals surface area contributed by atoms with E-state index in [1.807, 2.05) is 0 Å². The summed E-state index contributed by atoms with van der Waals surface area (Å²) >= 11 is 0. The van der Waals surface area contributed by atoms with Gasteiger partial charge in [-0.15, -0.1) is 0 Å². The molecule has 0 heterocycles. The van der Waals surface area contributed by atoms with Gasteiger partial charge in [-0.1, -0.05) is 29.8 Å². The maximum Gasteiger partial charge on any atom is 0.0610 e. The summed E-state index contributed by atoms with van der Waals surface area (Å²) < 4.78 is 0. The van der Waals surface area contributed by atoms with Crippen molar-refractivity contribution in [2.75, 3.05) is 20.3 Å². The molecule has 0 aliphatic heterocycles. The summed E-state index contributed by atoms with van der Waals surface area (Å²) in [5, 5.41) is 0. The molecule has 0 aliphatic rings. The van der Waals surface area contributed by atoms with E-state index < -0.39 is 0 Å². The molecule has 0 saturated carbocycles. The van der Waals surface area contributed by atoms with Crippen molar-refractivity contribution in [1.82, 2.24) is 10.3 Å². The van der Waals surface area contributed by atoms with E-state index in [1.165, 1.54) is 11.1 Å². The van der Waals surface area contributed by atoms with Crippen LogP contribution in [0.2, 0.25) is 0 Å². The highest BCUT2D eigenvalue weighted by molar-refractivity contribution is 5.22. The number of rotatable bonds is 5. The lowest BCUT2D eigenvalue weighted by Crippen LogP contribution is -2.36. The average molecular weight is 193 g/mol. The predicted molar refractivity (Wildman–Crippen MR) is 59.7 cm³/mol. The summed E-state index contributed by atoms with van der Waals surface area (Å²) in [6.07, 6.45) is 1.07. The highest BCUT2D eigenvalue weighted by Crippen LogP contribution is 2.04. The van der Waals surface area contributed by atoms with E-state index in [2.05, 4.69) is 48.6 Å². The first-order valence-corrected chi connectivity index (χ1v) is 4.90. The Balaban J connectivity index is 2.37. The molecule has 78 valence electrons. The fraction of sp³-hybridized carbons (Fsp3) is 0.455. The summed E-state index contributed by atoms with van der Waals surface area (Å²) in [6.45, 7) is 3.87. The summed E-state index contributed by atoms with van der Waals surface area (Å²) in [4.78, 5) is 2.16. The molecule has 3 heteroatoms. The van der Waals surface area contributed by atoms with Crippen LogP contribution < -0.4 is 11.3 Å². The van der Waals surface area contributed by atoms with Gasteiger partial charge in [-0.25, -0.2) is 5.43 Å². The van der Waals surface area contributed by atoms with Gasteiger partial charge >= 0.3 is 0 Å². The summed E-state index contributed by atoms with van der Waals surface area (Å²) in [6, 6.07) is 8.61. The van der Waals surface area contributed by atoms with Crippen LogP contribution in [0, 0.1) is 6.92 Å². The molecule has 0 unspecified atom stereocenters. The van der Waals surface area contributed by atoms with E-state index in [-0.39, 0.29) is 0 Å². The maximum absolute atomic E-state index is 5.23. The molecule has 0 saturated heterocycles. The normalized spacial score (nSPS) is 10.9. The highest BCUT2D eigenvalue weighted by Gasteiger charge is 1.97. The number of benzene rings is 1.